The van der Waals surface area contributed by atoms with Crippen LogP contribution in [0.5, 0.6) is 5.75 Å². The Balaban J connectivity index is 1.48. The Morgan fingerprint density at radius 1 is 1.12 bits per heavy atom. The van der Waals surface area contributed by atoms with Crippen molar-refractivity contribution in [2.24, 2.45) is 0 Å². The number of aromatic nitrogens is 1. The van der Waals surface area contributed by atoms with Crippen LogP contribution in [0.3, 0.4) is 0 Å². The molecule has 0 amide bonds. The number of fused-ring (bicyclic) bond motifs is 3. The zero-order chi connectivity index (χ0) is 17.1. The van der Waals surface area contributed by atoms with E-state index in [2.05, 4.69) is 45.5 Å². The molecule has 0 saturated carbocycles. The minimum Gasteiger partial charge on any atom is -0.495 e. The minimum atomic E-state index is 0.899. The molecule has 0 unspecified atom stereocenters. The number of anilines is 1. The Morgan fingerprint density at radius 2 is 1.96 bits per heavy atom. The van der Waals surface area contributed by atoms with Crippen LogP contribution in [-0.4, -0.2) is 24.8 Å². The largest absolute Gasteiger partial charge is 0.495 e. The van der Waals surface area contributed by atoms with E-state index in [4.69, 9.17) is 4.74 Å². The van der Waals surface area contributed by atoms with E-state index in [1.807, 2.05) is 18.2 Å². The first kappa shape index (κ1) is 16.0. The molecule has 4 heteroatoms. The van der Waals surface area contributed by atoms with Crippen molar-refractivity contribution in [2.75, 3.05) is 25.5 Å². The second-order valence-corrected chi connectivity index (χ2v) is 6.50. The number of nitrogens with zero attached hydrogens (tertiary/aromatic N) is 1. The Kier molecular flexibility index (Phi) is 4.61. The maximum atomic E-state index is 5.40. The van der Waals surface area contributed by atoms with Crippen molar-refractivity contribution in [3.05, 3.63) is 59.8 Å². The number of hydrogen-bond acceptors (Lipinski definition) is 3. The maximum absolute atomic E-state index is 5.40. The molecule has 0 fully saturated rings. The zero-order valence-electron chi connectivity index (χ0n) is 14.7. The van der Waals surface area contributed by atoms with Crippen LogP contribution in [0.25, 0.3) is 10.9 Å². The van der Waals surface area contributed by atoms with Crippen molar-refractivity contribution < 1.29 is 4.74 Å². The minimum absolute atomic E-state index is 0.899. The summed E-state index contributed by atoms with van der Waals surface area (Å²) in [7, 11) is 1.71. The highest BCUT2D eigenvalue weighted by Crippen LogP contribution is 2.29. The van der Waals surface area contributed by atoms with Gasteiger partial charge in [0.05, 0.1) is 12.8 Å². The summed E-state index contributed by atoms with van der Waals surface area (Å²) in [6, 6.07) is 16.9. The van der Waals surface area contributed by atoms with E-state index in [0.29, 0.717) is 0 Å². The molecular formula is C21H25N3O. The summed E-state index contributed by atoms with van der Waals surface area (Å²) < 4.78 is 7.91. The lowest BCUT2D eigenvalue weighted by Gasteiger charge is -2.17. The predicted molar refractivity (Wildman–Crippen MR) is 103 cm³/mol. The van der Waals surface area contributed by atoms with Gasteiger partial charge in [-0.05, 0) is 43.1 Å². The van der Waals surface area contributed by atoms with Gasteiger partial charge in [0.2, 0.25) is 0 Å². The highest BCUT2D eigenvalue weighted by atomic mass is 16.5. The third-order valence-electron chi connectivity index (χ3n) is 5.02. The number of rotatable bonds is 6. The van der Waals surface area contributed by atoms with Gasteiger partial charge in [0.25, 0.3) is 0 Å². The van der Waals surface area contributed by atoms with Gasteiger partial charge >= 0.3 is 0 Å². The van der Waals surface area contributed by atoms with Gasteiger partial charge in [0, 0.05) is 36.2 Å². The molecule has 1 aromatic heterocycles. The second-order valence-electron chi connectivity index (χ2n) is 6.50. The average Bonchev–Trinajstić information content (AvgIpc) is 3.00. The van der Waals surface area contributed by atoms with Gasteiger partial charge in [-0.15, -0.1) is 0 Å². The average molecular weight is 335 g/mol. The third-order valence-corrected chi connectivity index (χ3v) is 5.02. The highest BCUT2D eigenvalue weighted by molar-refractivity contribution is 5.85. The summed E-state index contributed by atoms with van der Waals surface area (Å²) in [5, 5.41) is 8.45. The fourth-order valence-corrected chi connectivity index (χ4v) is 3.84. The van der Waals surface area contributed by atoms with Gasteiger partial charge in [0.1, 0.15) is 5.75 Å². The number of hydrogen-bond donors (Lipinski definition) is 2. The van der Waals surface area contributed by atoms with E-state index in [-0.39, 0.29) is 0 Å². The number of aryl methyl sites for hydroxylation is 1. The van der Waals surface area contributed by atoms with Gasteiger partial charge in [0.15, 0.2) is 0 Å². The van der Waals surface area contributed by atoms with Gasteiger partial charge in [-0.3, -0.25) is 0 Å². The summed E-state index contributed by atoms with van der Waals surface area (Å²) in [5.41, 5.74) is 5.43. The smallest absolute Gasteiger partial charge is 0.141 e. The fraction of sp³-hybridized carbons (Fsp3) is 0.333. The number of methoxy groups -OCH3 is 1. The quantitative estimate of drug-likeness (QED) is 0.673. The molecular weight excluding hydrogens is 310 g/mol. The van der Waals surface area contributed by atoms with E-state index in [0.717, 1.165) is 50.5 Å². The third kappa shape index (κ3) is 3.10. The Hall–Kier alpha value is -2.46. The summed E-state index contributed by atoms with van der Waals surface area (Å²) in [4.78, 5) is 0. The van der Waals surface area contributed by atoms with Crippen molar-refractivity contribution >= 4 is 16.6 Å². The molecule has 25 heavy (non-hydrogen) atoms. The lowest BCUT2D eigenvalue weighted by molar-refractivity contribution is 0.416. The van der Waals surface area contributed by atoms with Gasteiger partial charge in [-0.1, -0.05) is 30.3 Å². The molecule has 0 spiro atoms. The summed E-state index contributed by atoms with van der Waals surface area (Å²) >= 11 is 0. The van der Waals surface area contributed by atoms with E-state index in [1.54, 1.807) is 7.11 Å². The fourth-order valence-electron chi connectivity index (χ4n) is 3.84. The summed E-state index contributed by atoms with van der Waals surface area (Å²) in [6.45, 7) is 4.01. The molecule has 2 heterocycles. The number of benzene rings is 2. The molecule has 1 aliphatic rings. The van der Waals surface area contributed by atoms with Crippen molar-refractivity contribution in [3.8, 4) is 5.75 Å². The molecule has 4 nitrogen and oxygen atoms in total. The van der Waals surface area contributed by atoms with Crippen LogP contribution in [0, 0.1) is 0 Å². The topological polar surface area (TPSA) is 38.2 Å². The van der Waals surface area contributed by atoms with Crippen molar-refractivity contribution in [1.29, 1.82) is 0 Å². The Labute approximate surface area is 148 Å². The lowest BCUT2D eigenvalue weighted by atomic mass is 10.1. The molecule has 2 N–H and O–H groups in total. The Bertz CT molecular complexity index is 869. The molecule has 1 aliphatic heterocycles. The first-order valence-corrected chi connectivity index (χ1v) is 9.05. The first-order chi connectivity index (χ1) is 12.4. The van der Waals surface area contributed by atoms with E-state index in [9.17, 15) is 0 Å². The molecule has 3 aromatic rings. The molecule has 130 valence electrons. The van der Waals surface area contributed by atoms with E-state index in [1.165, 1.54) is 22.2 Å². The van der Waals surface area contributed by atoms with Crippen LogP contribution < -0.4 is 15.4 Å². The SMILES string of the molecule is COc1ccccc1NCCCn1c2c(c3ccccc31)CCNC2. The number of ether oxygens (including phenoxy) is 1. The first-order valence-electron chi connectivity index (χ1n) is 9.05. The highest BCUT2D eigenvalue weighted by Gasteiger charge is 2.18. The van der Waals surface area contributed by atoms with Crippen LogP contribution in [0.15, 0.2) is 48.5 Å². The predicted octanol–water partition coefficient (Wildman–Crippen LogP) is 3.80. The molecule has 0 saturated heterocycles. The molecule has 0 atom stereocenters. The zero-order valence-corrected chi connectivity index (χ0v) is 14.7. The van der Waals surface area contributed by atoms with E-state index >= 15 is 0 Å². The molecule has 0 radical (unpaired) electrons. The number of nitrogens with one attached hydrogen (secondary N) is 2. The van der Waals surface area contributed by atoms with Crippen molar-refractivity contribution in [3.63, 3.8) is 0 Å². The second kappa shape index (κ2) is 7.19. The monoisotopic (exact) mass is 335 g/mol. The molecule has 0 bridgehead atoms. The molecule has 4 rings (SSSR count). The Morgan fingerprint density at radius 3 is 2.88 bits per heavy atom. The van der Waals surface area contributed by atoms with Crippen LogP contribution in [0.4, 0.5) is 5.69 Å². The van der Waals surface area contributed by atoms with Gasteiger partial charge in [-0.25, -0.2) is 0 Å². The van der Waals surface area contributed by atoms with Crippen LogP contribution in [0.1, 0.15) is 17.7 Å². The normalized spacial score (nSPS) is 13.6. The number of para-hydroxylation sites is 3. The standard InChI is InChI=1S/C21H25N3O/c1-25-21-10-5-3-8-18(21)23-12-6-14-24-19-9-4-2-7-16(19)17-11-13-22-15-20(17)24/h2-5,7-10,22-23H,6,11-15H2,1H3. The van der Waals surface area contributed by atoms with Gasteiger partial charge in [-0.2, -0.15) is 0 Å². The van der Waals surface area contributed by atoms with Crippen LogP contribution >= 0.6 is 0 Å². The lowest BCUT2D eigenvalue weighted by Crippen LogP contribution is -2.25. The van der Waals surface area contributed by atoms with Crippen molar-refractivity contribution in [1.82, 2.24) is 9.88 Å². The molecule has 2 aromatic carbocycles. The van der Waals surface area contributed by atoms with Gasteiger partial charge < -0.3 is 19.9 Å². The van der Waals surface area contributed by atoms with Crippen LogP contribution in [0.2, 0.25) is 0 Å². The summed E-state index contributed by atoms with van der Waals surface area (Å²) in [6.07, 6.45) is 2.20. The molecule has 0 aliphatic carbocycles. The van der Waals surface area contributed by atoms with Crippen LogP contribution in [-0.2, 0) is 19.5 Å². The van der Waals surface area contributed by atoms with Crippen molar-refractivity contribution in [2.45, 2.75) is 25.9 Å². The summed E-state index contributed by atoms with van der Waals surface area (Å²) in [5.74, 6) is 0.899. The van der Waals surface area contributed by atoms with E-state index < -0.39 is 0 Å². The maximum Gasteiger partial charge on any atom is 0.141 e.